The first-order chi connectivity index (χ1) is 5.18. The molecule has 0 aromatic carbocycles. The summed E-state index contributed by atoms with van der Waals surface area (Å²) >= 11 is 0. The van der Waals surface area contributed by atoms with E-state index in [1.165, 1.54) is 0 Å². The van der Waals surface area contributed by atoms with E-state index in [1.807, 2.05) is 16.8 Å². The van der Waals surface area contributed by atoms with Crippen LogP contribution in [0, 0.1) is 0 Å². The predicted octanol–water partition coefficient (Wildman–Crippen LogP) is -0.0771. The lowest BCUT2D eigenvalue weighted by atomic mass is 10.3. The molecule has 1 heterocycles. The monoisotopic (exact) mass is 171 g/mol. The quantitative estimate of drug-likeness (QED) is 0.330. The van der Waals surface area contributed by atoms with Gasteiger partial charge in [0.15, 0.2) is 16.7 Å². The normalized spacial score (nSPS) is 11.2. The summed E-state index contributed by atoms with van der Waals surface area (Å²) in [6.45, 7) is 0.527. The molecule has 1 aromatic rings. The summed E-state index contributed by atoms with van der Waals surface area (Å²) in [5, 5.41) is 9.46. The highest BCUT2D eigenvalue weighted by atomic mass is 32.2. The maximum Gasteiger partial charge on any atom is 0.186 e. The van der Waals surface area contributed by atoms with Gasteiger partial charge in [-0.2, -0.15) is 0 Å². The number of nitrogen functional groups attached to an aromatic ring is 1. The minimum Gasteiger partial charge on any atom is -0.370 e. The number of aliphatic imine (C=N–C) groups is 1. The Balaban J connectivity index is 2.58. The Morgan fingerprint density at radius 3 is 2.73 bits per heavy atom. The van der Waals surface area contributed by atoms with Crippen molar-refractivity contribution < 1.29 is 0 Å². The molecule has 0 saturated heterocycles. The van der Waals surface area contributed by atoms with Crippen molar-refractivity contribution in [1.82, 2.24) is 0 Å². The highest BCUT2D eigenvalue weighted by Gasteiger charge is 2.00. The molecule has 0 spiro atoms. The van der Waals surface area contributed by atoms with E-state index in [4.69, 9.17) is 16.6 Å². The molecule has 0 bridgehead atoms. The Morgan fingerprint density at radius 2 is 2.27 bits per heavy atom. The van der Waals surface area contributed by atoms with Crippen LogP contribution in [-0.2, 0) is 6.54 Å². The lowest BCUT2D eigenvalue weighted by Gasteiger charge is -1.88. The van der Waals surface area contributed by atoms with Gasteiger partial charge in [0.05, 0.1) is 17.2 Å². The summed E-state index contributed by atoms with van der Waals surface area (Å²) in [5.41, 5.74) is 11.4. The summed E-state index contributed by atoms with van der Waals surface area (Å²) < 4.78 is 0. The molecule has 6 N–H and O–H groups in total. The average molecular weight is 171 g/mol. The third-order valence-corrected chi connectivity index (χ3v) is 2.20. The SMILES string of the molecule is NC(N)=NCc1cc[s+](N)c1. The average Bonchev–Trinajstić information content (AvgIpc) is 2.31. The molecule has 0 amide bonds. The van der Waals surface area contributed by atoms with E-state index in [2.05, 4.69) is 4.99 Å². The first-order valence-corrected chi connectivity index (χ1v) is 4.50. The fraction of sp³-hybridized carbons (Fsp3) is 0.167. The molecule has 1 unspecified atom stereocenters. The molecule has 5 heteroatoms. The number of hydrogen-bond acceptors (Lipinski definition) is 2. The van der Waals surface area contributed by atoms with Crippen LogP contribution in [0.1, 0.15) is 5.56 Å². The summed E-state index contributed by atoms with van der Waals surface area (Å²) in [4.78, 5) is 3.84. The van der Waals surface area contributed by atoms with E-state index in [0.717, 1.165) is 5.56 Å². The fourth-order valence-electron chi connectivity index (χ4n) is 0.692. The van der Waals surface area contributed by atoms with E-state index >= 15 is 0 Å². The second-order valence-corrected chi connectivity index (χ2v) is 3.47. The molecule has 1 aromatic heterocycles. The largest absolute Gasteiger partial charge is 0.370 e. The van der Waals surface area contributed by atoms with Gasteiger partial charge in [0.1, 0.15) is 0 Å². The Morgan fingerprint density at radius 1 is 1.55 bits per heavy atom. The minimum absolute atomic E-state index is 0.114. The van der Waals surface area contributed by atoms with E-state index in [-0.39, 0.29) is 16.6 Å². The first-order valence-electron chi connectivity index (χ1n) is 3.09. The highest BCUT2D eigenvalue weighted by Crippen LogP contribution is 2.13. The van der Waals surface area contributed by atoms with Crippen molar-refractivity contribution in [2.24, 2.45) is 16.5 Å². The van der Waals surface area contributed by atoms with Crippen molar-refractivity contribution >= 4 is 16.6 Å². The van der Waals surface area contributed by atoms with Gasteiger partial charge in [-0.1, -0.05) is 0 Å². The van der Waals surface area contributed by atoms with E-state index in [0.29, 0.717) is 6.54 Å². The van der Waals surface area contributed by atoms with Crippen LogP contribution < -0.4 is 16.6 Å². The smallest absolute Gasteiger partial charge is 0.186 e. The van der Waals surface area contributed by atoms with Crippen LogP contribution in [0.15, 0.2) is 21.8 Å². The lowest BCUT2D eigenvalue weighted by molar-refractivity contribution is 1.06. The van der Waals surface area contributed by atoms with Gasteiger partial charge < -0.3 is 11.5 Å². The second-order valence-electron chi connectivity index (χ2n) is 2.14. The molecule has 0 aliphatic rings. The van der Waals surface area contributed by atoms with Crippen molar-refractivity contribution in [3.8, 4) is 0 Å². The van der Waals surface area contributed by atoms with Gasteiger partial charge in [0, 0.05) is 11.6 Å². The maximum atomic E-state index is 5.59. The van der Waals surface area contributed by atoms with Gasteiger partial charge in [-0.25, -0.2) is 4.99 Å². The van der Waals surface area contributed by atoms with Gasteiger partial charge >= 0.3 is 0 Å². The van der Waals surface area contributed by atoms with Crippen LogP contribution in [0.25, 0.3) is 0 Å². The molecule has 0 fully saturated rings. The molecule has 11 heavy (non-hydrogen) atoms. The lowest BCUT2D eigenvalue weighted by Crippen LogP contribution is -2.22. The number of guanidine groups is 1. The zero-order valence-electron chi connectivity index (χ0n) is 6.03. The Kier molecular flexibility index (Phi) is 2.45. The zero-order valence-corrected chi connectivity index (χ0v) is 6.84. The summed E-state index contributed by atoms with van der Waals surface area (Å²) in [6, 6.07) is 1.94. The van der Waals surface area contributed by atoms with Gasteiger partial charge in [0.2, 0.25) is 0 Å². The fourth-order valence-corrected chi connectivity index (χ4v) is 1.61. The first kappa shape index (κ1) is 8.03. The van der Waals surface area contributed by atoms with Crippen LogP contribution in [0.4, 0.5) is 0 Å². The van der Waals surface area contributed by atoms with E-state index in [9.17, 15) is 0 Å². The third-order valence-electron chi connectivity index (χ3n) is 1.17. The van der Waals surface area contributed by atoms with Crippen molar-refractivity contribution in [2.45, 2.75) is 6.54 Å². The van der Waals surface area contributed by atoms with Crippen molar-refractivity contribution in [1.29, 1.82) is 0 Å². The second kappa shape index (κ2) is 3.36. The third kappa shape index (κ3) is 2.57. The maximum absolute atomic E-state index is 5.59. The van der Waals surface area contributed by atoms with Gasteiger partial charge in [-0.05, 0) is 0 Å². The summed E-state index contributed by atoms with van der Waals surface area (Å²) in [7, 11) is -0.211. The minimum atomic E-state index is -0.211. The van der Waals surface area contributed by atoms with Crippen molar-refractivity contribution in [3.05, 3.63) is 22.4 Å². The van der Waals surface area contributed by atoms with Gasteiger partial charge in [-0.3, -0.25) is 0 Å². The molecular weight excluding hydrogens is 160 g/mol. The van der Waals surface area contributed by atoms with Crippen LogP contribution in [-0.4, -0.2) is 5.96 Å². The Hall–Kier alpha value is -1.07. The van der Waals surface area contributed by atoms with Crippen LogP contribution >= 0.6 is 10.7 Å². The standard InChI is InChI=1S/C6H11N4S/c7-6(8)10-3-5-1-2-11(9)4-5/h1-2,4H,3,9H2,(H4,7,8,10)/q+1. The molecule has 0 saturated carbocycles. The van der Waals surface area contributed by atoms with Crippen molar-refractivity contribution in [3.63, 3.8) is 0 Å². The molecular formula is C6H11N4S+. The molecule has 60 valence electrons. The highest BCUT2D eigenvalue weighted by molar-refractivity contribution is 7.28. The molecule has 0 radical (unpaired) electrons. The van der Waals surface area contributed by atoms with Crippen molar-refractivity contribution in [2.75, 3.05) is 5.14 Å². The number of nitrogens with zero attached hydrogens (tertiary/aromatic N) is 1. The Bertz CT molecular complexity index is 261. The van der Waals surface area contributed by atoms with Gasteiger partial charge in [-0.15, -0.1) is 5.14 Å². The molecule has 0 aliphatic heterocycles. The van der Waals surface area contributed by atoms with E-state index in [1.54, 1.807) is 0 Å². The number of thiophene rings is 1. The van der Waals surface area contributed by atoms with Crippen LogP contribution in [0.3, 0.4) is 0 Å². The number of nitrogens with two attached hydrogens (primary N) is 3. The molecule has 1 rings (SSSR count). The topological polar surface area (TPSA) is 90.4 Å². The Labute approximate surface area is 67.8 Å². The van der Waals surface area contributed by atoms with Crippen LogP contribution in [0.5, 0.6) is 0 Å². The van der Waals surface area contributed by atoms with Gasteiger partial charge in [0.25, 0.3) is 0 Å². The van der Waals surface area contributed by atoms with E-state index < -0.39 is 0 Å². The molecule has 4 nitrogen and oxygen atoms in total. The summed E-state index contributed by atoms with van der Waals surface area (Å²) in [6.07, 6.45) is 0. The molecule has 1 atom stereocenters. The number of hydrogen-bond donors (Lipinski definition) is 3. The van der Waals surface area contributed by atoms with Crippen LogP contribution in [0.2, 0.25) is 0 Å². The predicted molar refractivity (Wildman–Crippen MR) is 48.6 cm³/mol. The zero-order chi connectivity index (χ0) is 8.27. The molecule has 0 aliphatic carbocycles. The summed E-state index contributed by atoms with van der Waals surface area (Å²) in [5.74, 6) is 0.114. The number of rotatable bonds is 2.